The third-order valence-corrected chi connectivity index (χ3v) is 7.21. The van der Waals surface area contributed by atoms with Crippen molar-refractivity contribution in [1.29, 1.82) is 0 Å². The van der Waals surface area contributed by atoms with Crippen LogP contribution in [0.3, 0.4) is 0 Å². The van der Waals surface area contributed by atoms with Crippen LogP contribution < -0.4 is 21.7 Å². The maximum absolute atomic E-state index is 12.9. The summed E-state index contributed by atoms with van der Waals surface area (Å²) >= 11 is 0. The quantitative estimate of drug-likeness (QED) is 0.278. The molecule has 11 nitrogen and oxygen atoms in total. The summed E-state index contributed by atoms with van der Waals surface area (Å²) in [6.07, 6.45) is -6.36. The number of nitrogens with one attached hydrogen (secondary N) is 3. The van der Waals surface area contributed by atoms with Gasteiger partial charge in [-0.1, -0.05) is 0 Å². The van der Waals surface area contributed by atoms with E-state index in [9.17, 15) is 28.3 Å². The largest absolute Gasteiger partial charge is 0.522 e. The molecule has 1 saturated carbocycles. The summed E-state index contributed by atoms with van der Waals surface area (Å²) in [7, 11) is 1.66. The minimum atomic E-state index is -4.69. The van der Waals surface area contributed by atoms with Gasteiger partial charge in [-0.2, -0.15) is 0 Å². The molecule has 7 N–H and O–H groups in total. The fraction of sp³-hybridized carbons (Fsp3) is 0.842. The van der Waals surface area contributed by atoms with E-state index in [0.29, 0.717) is 11.3 Å². The SMILES string of the molecule is CNC1NC2C(CO)NC(N)N3CC(OC(=O)C4CCC(OC(F)(F)F)CC4)=C(C)C23N1O. The minimum absolute atomic E-state index is 0.112. The number of hydroxylamine groups is 2. The number of hydrogen-bond donors (Lipinski definition) is 6. The zero-order valence-electron chi connectivity index (χ0n) is 18.4. The second-order valence-electron chi connectivity index (χ2n) is 8.94. The van der Waals surface area contributed by atoms with Gasteiger partial charge in [-0.3, -0.25) is 25.5 Å². The number of aliphatic hydroxyl groups excluding tert-OH is 1. The molecule has 14 heteroatoms. The van der Waals surface area contributed by atoms with Crippen LogP contribution in [0, 0.1) is 5.92 Å². The molecule has 4 aliphatic rings. The van der Waals surface area contributed by atoms with E-state index < -0.39 is 54.7 Å². The Kier molecular flexibility index (Phi) is 6.76. The minimum Gasteiger partial charge on any atom is -0.429 e. The van der Waals surface area contributed by atoms with E-state index in [1.54, 1.807) is 18.9 Å². The summed E-state index contributed by atoms with van der Waals surface area (Å²) < 4.78 is 47.1. The number of alkyl halides is 3. The fourth-order valence-electron chi connectivity index (χ4n) is 5.62. The fourth-order valence-corrected chi connectivity index (χ4v) is 5.62. The van der Waals surface area contributed by atoms with Crippen molar-refractivity contribution >= 4 is 5.97 Å². The molecule has 3 aliphatic heterocycles. The Morgan fingerprint density at radius 2 is 1.97 bits per heavy atom. The van der Waals surface area contributed by atoms with Crippen LogP contribution in [0.25, 0.3) is 0 Å². The average molecular weight is 480 g/mol. The third kappa shape index (κ3) is 4.17. The average Bonchev–Trinajstić information content (AvgIpc) is 3.22. The predicted octanol–water partition coefficient (Wildman–Crippen LogP) is -0.717. The Hall–Kier alpha value is -1.36. The van der Waals surface area contributed by atoms with Crippen molar-refractivity contribution in [1.82, 2.24) is 25.9 Å². The van der Waals surface area contributed by atoms with Crippen molar-refractivity contribution in [2.75, 3.05) is 20.2 Å². The zero-order chi connectivity index (χ0) is 24.1. The number of nitrogens with two attached hydrogens (primary N) is 1. The number of hydrogen-bond acceptors (Lipinski definition) is 11. The van der Waals surface area contributed by atoms with Crippen LogP contribution in [0.4, 0.5) is 13.2 Å². The molecule has 188 valence electrons. The first-order chi connectivity index (χ1) is 15.5. The van der Waals surface area contributed by atoms with Crippen LogP contribution in [0.1, 0.15) is 32.6 Å². The van der Waals surface area contributed by atoms with Gasteiger partial charge in [0.25, 0.3) is 0 Å². The number of carbonyl (C=O) groups is 1. The highest BCUT2D eigenvalue weighted by molar-refractivity contribution is 5.74. The highest BCUT2D eigenvalue weighted by atomic mass is 19.4. The van der Waals surface area contributed by atoms with E-state index in [2.05, 4.69) is 20.7 Å². The van der Waals surface area contributed by atoms with E-state index in [1.807, 2.05) is 0 Å². The molecule has 0 amide bonds. The zero-order valence-corrected chi connectivity index (χ0v) is 18.4. The topological polar surface area (TPSA) is 145 Å². The van der Waals surface area contributed by atoms with Crippen LogP contribution >= 0.6 is 0 Å². The van der Waals surface area contributed by atoms with Crippen molar-refractivity contribution in [2.45, 2.75) is 75.4 Å². The molecule has 0 aromatic carbocycles. The summed E-state index contributed by atoms with van der Waals surface area (Å²) in [4.78, 5) is 14.6. The standard InChI is InChI=1S/C19H31F3N6O5/c1-9-13(32-15(30)10-3-5-11(6-4-10)33-19(20,21)22)7-27-16(23)25-12(8-29)14-18(9,27)28(31)17(24-2)26-14/h10-12,14,16-17,24-26,29,31H,3-8,23H2,1-2H3. The smallest absolute Gasteiger partial charge is 0.429 e. The number of ether oxygens (including phenoxy) is 2. The van der Waals surface area contributed by atoms with Gasteiger partial charge in [0.1, 0.15) is 24.0 Å². The molecule has 0 radical (unpaired) electrons. The van der Waals surface area contributed by atoms with E-state index >= 15 is 0 Å². The Labute approximate surface area is 189 Å². The Morgan fingerprint density at radius 1 is 1.30 bits per heavy atom. The molecule has 4 rings (SSSR count). The maximum atomic E-state index is 12.9. The van der Waals surface area contributed by atoms with Crippen LogP contribution in [0.2, 0.25) is 0 Å². The van der Waals surface area contributed by atoms with Gasteiger partial charge >= 0.3 is 12.3 Å². The van der Waals surface area contributed by atoms with Crippen molar-refractivity contribution in [3.8, 4) is 0 Å². The second-order valence-corrected chi connectivity index (χ2v) is 8.94. The Bertz CT molecular complexity index is 792. The third-order valence-electron chi connectivity index (χ3n) is 7.21. The van der Waals surface area contributed by atoms with Gasteiger partial charge in [-0.25, -0.2) is 4.90 Å². The number of carbonyl (C=O) groups excluding carboxylic acids is 1. The number of aliphatic hydroxyl groups is 1. The van der Waals surface area contributed by atoms with Crippen molar-refractivity contribution < 1.29 is 37.8 Å². The molecule has 33 heavy (non-hydrogen) atoms. The monoisotopic (exact) mass is 480 g/mol. The molecular formula is C19H31F3N6O5. The van der Waals surface area contributed by atoms with Crippen LogP contribution in [0.5, 0.6) is 0 Å². The van der Waals surface area contributed by atoms with E-state index in [0.717, 1.165) is 5.06 Å². The molecule has 1 spiro atoms. The molecule has 3 fully saturated rings. The molecule has 0 aromatic rings. The Balaban J connectivity index is 1.51. The van der Waals surface area contributed by atoms with Gasteiger partial charge in [0.15, 0.2) is 0 Å². The molecule has 5 atom stereocenters. The first-order valence-electron chi connectivity index (χ1n) is 11.0. The summed E-state index contributed by atoms with van der Waals surface area (Å²) in [6, 6.07) is -0.978. The van der Waals surface area contributed by atoms with Gasteiger partial charge in [-0.15, -0.1) is 18.2 Å². The number of rotatable bonds is 5. The number of nitrogens with zero attached hydrogens (tertiary/aromatic N) is 2. The van der Waals surface area contributed by atoms with E-state index in [-0.39, 0.29) is 38.8 Å². The lowest BCUT2D eigenvalue weighted by molar-refractivity contribution is -0.345. The second kappa shape index (κ2) is 9.02. The first kappa shape index (κ1) is 24.8. The van der Waals surface area contributed by atoms with Gasteiger partial charge in [0.2, 0.25) is 0 Å². The van der Waals surface area contributed by atoms with Gasteiger partial charge in [-0.05, 0) is 39.7 Å². The summed E-state index contributed by atoms with van der Waals surface area (Å²) in [5, 5.41) is 31.4. The van der Waals surface area contributed by atoms with Crippen LogP contribution in [0.15, 0.2) is 11.3 Å². The molecule has 5 unspecified atom stereocenters. The summed E-state index contributed by atoms with van der Waals surface area (Å²) in [5.41, 5.74) is 5.69. The maximum Gasteiger partial charge on any atom is 0.522 e. The number of halogens is 3. The lowest BCUT2D eigenvalue weighted by Gasteiger charge is -2.52. The van der Waals surface area contributed by atoms with Crippen LogP contribution in [-0.4, -0.2) is 89.2 Å². The highest BCUT2D eigenvalue weighted by Gasteiger charge is 2.67. The first-order valence-corrected chi connectivity index (χ1v) is 11.0. The van der Waals surface area contributed by atoms with E-state index in [4.69, 9.17) is 10.5 Å². The predicted molar refractivity (Wildman–Crippen MR) is 106 cm³/mol. The lowest BCUT2D eigenvalue weighted by Crippen LogP contribution is -2.78. The van der Waals surface area contributed by atoms with E-state index in [1.165, 1.54) is 0 Å². The molecule has 0 aromatic heterocycles. The van der Waals surface area contributed by atoms with Gasteiger partial charge < -0.3 is 20.8 Å². The molecule has 0 bridgehead atoms. The highest BCUT2D eigenvalue weighted by Crippen LogP contribution is 2.47. The van der Waals surface area contributed by atoms with Crippen molar-refractivity contribution in [3.05, 3.63) is 11.3 Å². The molecule has 1 aliphatic carbocycles. The van der Waals surface area contributed by atoms with Crippen molar-refractivity contribution in [3.63, 3.8) is 0 Å². The number of esters is 1. The summed E-state index contributed by atoms with van der Waals surface area (Å²) in [5.74, 6) is -0.742. The lowest BCUT2D eigenvalue weighted by atomic mass is 9.86. The molecular weight excluding hydrogens is 449 g/mol. The summed E-state index contributed by atoms with van der Waals surface area (Å²) in [6.45, 7) is 1.62. The Morgan fingerprint density at radius 3 is 2.55 bits per heavy atom. The van der Waals surface area contributed by atoms with Crippen LogP contribution in [-0.2, 0) is 14.3 Å². The normalized spacial score (nSPS) is 40.1. The van der Waals surface area contributed by atoms with Gasteiger partial charge in [0, 0.05) is 5.57 Å². The molecule has 2 saturated heterocycles. The molecule has 3 heterocycles. The van der Waals surface area contributed by atoms with Crippen molar-refractivity contribution in [2.24, 2.45) is 11.7 Å². The van der Waals surface area contributed by atoms with Gasteiger partial charge in [0.05, 0.1) is 37.3 Å².